The molecule has 0 N–H and O–H groups in total. The summed E-state index contributed by atoms with van der Waals surface area (Å²) < 4.78 is 5.07. The van der Waals surface area contributed by atoms with Crippen LogP contribution in [0.25, 0.3) is 0 Å². The lowest BCUT2D eigenvalue weighted by atomic mass is 10.3. The Kier molecular flexibility index (Phi) is 6.60. The molecule has 1 aliphatic rings. The van der Waals surface area contributed by atoms with Crippen molar-refractivity contribution in [1.29, 1.82) is 0 Å². The van der Waals surface area contributed by atoms with Gasteiger partial charge in [-0.3, -0.25) is 4.90 Å². The number of piperazine rings is 1. The molecule has 3 nitrogen and oxygen atoms in total. The van der Waals surface area contributed by atoms with Gasteiger partial charge >= 0.3 is 0 Å². The molecule has 0 aromatic heterocycles. The highest BCUT2D eigenvalue weighted by Crippen LogP contribution is 2.02. The highest BCUT2D eigenvalue weighted by Gasteiger charge is 2.15. The van der Waals surface area contributed by atoms with Crippen LogP contribution in [-0.4, -0.2) is 68.5 Å². The number of thiol groups is 1. The zero-order valence-electron chi connectivity index (χ0n) is 9.11. The standard InChI is InChI=1S/C10H22N2OS/c1-13-9-8-12-6-4-11(5-7-12)3-2-10-14/h14H,2-10H2,1H3. The minimum atomic E-state index is 0.858. The zero-order valence-corrected chi connectivity index (χ0v) is 10.0. The van der Waals surface area contributed by atoms with E-state index in [2.05, 4.69) is 22.4 Å². The van der Waals surface area contributed by atoms with Crippen LogP contribution in [0, 0.1) is 0 Å². The van der Waals surface area contributed by atoms with Crippen molar-refractivity contribution in [1.82, 2.24) is 9.80 Å². The van der Waals surface area contributed by atoms with E-state index in [9.17, 15) is 0 Å². The molecule has 0 bridgehead atoms. The molecule has 0 atom stereocenters. The molecule has 1 saturated heterocycles. The molecule has 1 aliphatic heterocycles. The predicted octanol–water partition coefficient (Wildman–Crippen LogP) is 0.570. The fourth-order valence-corrected chi connectivity index (χ4v) is 1.89. The van der Waals surface area contributed by atoms with E-state index in [1.54, 1.807) is 7.11 Å². The van der Waals surface area contributed by atoms with Crippen LogP contribution >= 0.6 is 12.6 Å². The summed E-state index contributed by atoms with van der Waals surface area (Å²) in [5, 5.41) is 0. The lowest BCUT2D eigenvalue weighted by Crippen LogP contribution is -2.47. The SMILES string of the molecule is COCCN1CCN(CCCS)CC1. The summed E-state index contributed by atoms with van der Waals surface area (Å²) in [7, 11) is 1.77. The molecule has 0 radical (unpaired) electrons. The van der Waals surface area contributed by atoms with Gasteiger partial charge in [0.2, 0.25) is 0 Å². The molecule has 0 amide bonds. The molecule has 1 rings (SSSR count). The van der Waals surface area contributed by atoms with Crippen molar-refractivity contribution >= 4 is 12.6 Å². The average molecular weight is 218 g/mol. The zero-order chi connectivity index (χ0) is 10.2. The molecule has 1 heterocycles. The highest BCUT2D eigenvalue weighted by molar-refractivity contribution is 7.80. The fraction of sp³-hybridized carbons (Fsp3) is 1.00. The number of rotatable bonds is 6. The molecule has 4 heteroatoms. The molecule has 14 heavy (non-hydrogen) atoms. The Morgan fingerprint density at radius 3 is 2.14 bits per heavy atom. The van der Waals surface area contributed by atoms with E-state index in [1.807, 2.05) is 0 Å². The lowest BCUT2D eigenvalue weighted by Gasteiger charge is -2.34. The Morgan fingerprint density at radius 1 is 1.07 bits per heavy atom. The van der Waals surface area contributed by atoms with E-state index in [0.717, 1.165) is 18.9 Å². The van der Waals surface area contributed by atoms with Crippen molar-refractivity contribution < 1.29 is 4.74 Å². The molecule has 0 saturated carbocycles. The summed E-state index contributed by atoms with van der Waals surface area (Å²) >= 11 is 4.23. The smallest absolute Gasteiger partial charge is 0.0589 e. The van der Waals surface area contributed by atoms with Gasteiger partial charge in [-0.25, -0.2) is 0 Å². The largest absolute Gasteiger partial charge is 0.383 e. The fourth-order valence-electron chi connectivity index (χ4n) is 1.75. The number of hydrogen-bond donors (Lipinski definition) is 1. The first-order chi connectivity index (χ1) is 6.86. The number of methoxy groups -OCH3 is 1. The Hall–Kier alpha value is 0.230. The first-order valence-corrected chi connectivity index (χ1v) is 6.04. The third-order valence-electron chi connectivity index (χ3n) is 2.71. The first-order valence-electron chi connectivity index (χ1n) is 5.41. The lowest BCUT2D eigenvalue weighted by molar-refractivity contribution is 0.0972. The molecular formula is C10H22N2OS. The van der Waals surface area contributed by atoms with Gasteiger partial charge in [0.25, 0.3) is 0 Å². The molecule has 0 spiro atoms. The predicted molar refractivity (Wildman–Crippen MR) is 63.2 cm³/mol. The summed E-state index contributed by atoms with van der Waals surface area (Å²) in [5.74, 6) is 1.00. The second-order valence-corrected chi connectivity index (χ2v) is 4.20. The van der Waals surface area contributed by atoms with Crippen LogP contribution in [0.2, 0.25) is 0 Å². The molecule has 1 fully saturated rings. The van der Waals surface area contributed by atoms with Crippen molar-refractivity contribution in [3.63, 3.8) is 0 Å². The molecule has 0 aliphatic carbocycles. The molecule has 0 aromatic rings. The third-order valence-corrected chi connectivity index (χ3v) is 3.03. The van der Waals surface area contributed by atoms with E-state index in [-0.39, 0.29) is 0 Å². The molecule has 0 aromatic carbocycles. The molecule has 0 unspecified atom stereocenters. The second-order valence-electron chi connectivity index (χ2n) is 3.75. The summed E-state index contributed by atoms with van der Waals surface area (Å²) in [6.07, 6.45) is 1.21. The Morgan fingerprint density at radius 2 is 1.64 bits per heavy atom. The van der Waals surface area contributed by atoms with Gasteiger partial charge < -0.3 is 9.64 Å². The van der Waals surface area contributed by atoms with Crippen LogP contribution < -0.4 is 0 Å². The second kappa shape index (κ2) is 7.51. The van der Waals surface area contributed by atoms with Crippen LogP contribution in [0.15, 0.2) is 0 Å². The van der Waals surface area contributed by atoms with E-state index in [4.69, 9.17) is 4.74 Å². The van der Waals surface area contributed by atoms with Crippen molar-refractivity contribution in [3.05, 3.63) is 0 Å². The van der Waals surface area contributed by atoms with Crippen LogP contribution in [-0.2, 0) is 4.74 Å². The van der Waals surface area contributed by atoms with Crippen LogP contribution in [0.5, 0.6) is 0 Å². The van der Waals surface area contributed by atoms with Crippen molar-refractivity contribution in [3.8, 4) is 0 Å². The van der Waals surface area contributed by atoms with E-state index < -0.39 is 0 Å². The number of hydrogen-bond acceptors (Lipinski definition) is 4. The number of nitrogens with zero attached hydrogens (tertiary/aromatic N) is 2. The third kappa shape index (κ3) is 4.64. The Labute approximate surface area is 92.8 Å². The summed E-state index contributed by atoms with van der Waals surface area (Å²) in [6.45, 7) is 7.94. The normalized spacial score (nSPS) is 20.1. The number of ether oxygens (including phenoxy) is 1. The Balaban J connectivity index is 2.05. The van der Waals surface area contributed by atoms with Crippen LogP contribution in [0.1, 0.15) is 6.42 Å². The molecule has 84 valence electrons. The van der Waals surface area contributed by atoms with E-state index in [0.29, 0.717) is 0 Å². The minimum Gasteiger partial charge on any atom is -0.383 e. The maximum Gasteiger partial charge on any atom is 0.0589 e. The summed E-state index contributed by atoms with van der Waals surface area (Å²) in [5.41, 5.74) is 0. The van der Waals surface area contributed by atoms with E-state index in [1.165, 1.54) is 39.1 Å². The topological polar surface area (TPSA) is 15.7 Å². The van der Waals surface area contributed by atoms with Crippen molar-refractivity contribution in [2.75, 3.05) is 58.7 Å². The van der Waals surface area contributed by atoms with Gasteiger partial charge in [-0.05, 0) is 18.7 Å². The molecular weight excluding hydrogens is 196 g/mol. The Bertz CT molecular complexity index is 122. The highest BCUT2D eigenvalue weighted by atomic mass is 32.1. The monoisotopic (exact) mass is 218 g/mol. The van der Waals surface area contributed by atoms with E-state index >= 15 is 0 Å². The summed E-state index contributed by atoms with van der Waals surface area (Å²) in [6, 6.07) is 0. The van der Waals surface area contributed by atoms with Gasteiger partial charge in [0.1, 0.15) is 0 Å². The van der Waals surface area contributed by atoms with Gasteiger partial charge in [0.15, 0.2) is 0 Å². The van der Waals surface area contributed by atoms with Crippen molar-refractivity contribution in [2.24, 2.45) is 0 Å². The maximum absolute atomic E-state index is 5.07. The van der Waals surface area contributed by atoms with Crippen LogP contribution in [0.4, 0.5) is 0 Å². The van der Waals surface area contributed by atoms with Gasteiger partial charge in [0, 0.05) is 39.8 Å². The average Bonchev–Trinajstić information content (AvgIpc) is 2.25. The van der Waals surface area contributed by atoms with Crippen LogP contribution in [0.3, 0.4) is 0 Å². The quantitative estimate of drug-likeness (QED) is 0.657. The summed E-state index contributed by atoms with van der Waals surface area (Å²) in [4.78, 5) is 5.00. The van der Waals surface area contributed by atoms with Gasteiger partial charge in [-0.2, -0.15) is 12.6 Å². The first kappa shape index (κ1) is 12.3. The van der Waals surface area contributed by atoms with Gasteiger partial charge in [0.05, 0.1) is 6.61 Å². The minimum absolute atomic E-state index is 0.858. The van der Waals surface area contributed by atoms with Gasteiger partial charge in [-0.15, -0.1) is 0 Å². The van der Waals surface area contributed by atoms with Gasteiger partial charge in [-0.1, -0.05) is 0 Å². The maximum atomic E-state index is 5.07. The van der Waals surface area contributed by atoms with Crippen molar-refractivity contribution in [2.45, 2.75) is 6.42 Å².